The second-order valence-corrected chi connectivity index (χ2v) is 8.73. The molecule has 0 aromatic heterocycles. The second kappa shape index (κ2) is 7.18. The molecule has 0 spiro atoms. The summed E-state index contributed by atoms with van der Waals surface area (Å²) in [6, 6.07) is 21.5. The highest BCUT2D eigenvalue weighted by atomic mass is 16.2. The van der Waals surface area contributed by atoms with Crippen molar-refractivity contribution in [1.29, 1.82) is 0 Å². The quantitative estimate of drug-likeness (QED) is 0.573. The van der Waals surface area contributed by atoms with Gasteiger partial charge in [0.05, 0.1) is 5.92 Å². The molecule has 0 heterocycles. The van der Waals surface area contributed by atoms with Gasteiger partial charge in [-0.15, -0.1) is 0 Å². The zero-order valence-electron chi connectivity index (χ0n) is 18.0. The predicted octanol–water partition coefficient (Wildman–Crippen LogP) is 6.17. The van der Waals surface area contributed by atoms with E-state index in [1.165, 1.54) is 27.8 Å². The van der Waals surface area contributed by atoms with Crippen molar-refractivity contribution in [3.63, 3.8) is 0 Å². The van der Waals surface area contributed by atoms with Crippen molar-refractivity contribution in [1.82, 2.24) is 0 Å². The standard InChI is InChI=1S/C27H29NO/c1-17-8-6-10-22(14-17)27(23-11-7-9-18(2)15-23)16-24(27)26(29)28-25-20(4)12-19(3)13-21(25)5/h6-15,24H,16H2,1-5H3,(H,28,29)/t24-/m0/s1. The molecule has 1 fully saturated rings. The summed E-state index contributed by atoms with van der Waals surface area (Å²) in [6.45, 7) is 10.5. The number of nitrogens with one attached hydrogen (secondary N) is 1. The number of aryl methyl sites for hydroxylation is 5. The number of carbonyl (C=O) groups excluding carboxylic acids is 1. The Labute approximate surface area is 174 Å². The molecule has 3 aromatic rings. The summed E-state index contributed by atoms with van der Waals surface area (Å²) in [6.07, 6.45) is 0.843. The molecule has 4 rings (SSSR count). The lowest BCUT2D eigenvalue weighted by Crippen LogP contribution is -2.23. The van der Waals surface area contributed by atoms with Gasteiger partial charge in [0.2, 0.25) is 5.91 Å². The normalized spacial score (nSPS) is 17.1. The molecule has 0 aliphatic heterocycles. The maximum Gasteiger partial charge on any atom is 0.228 e. The lowest BCUT2D eigenvalue weighted by molar-refractivity contribution is -0.117. The van der Waals surface area contributed by atoms with Gasteiger partial charge >= 0.3 is 0 Å². The van der Waals surface area contributed by atoms with Crippen molar-refractivity contribution in [2.45, 2.75) is 46.5 Å². The van der Waals surface area contributed by atoms with Crippen LogP contribution < -0.4 is 5.32 Å². The monoisotopic (exact) mass is 383 g/mol. The minimum absolute atomic E-state index is 0.0637. The van der Waals surface area contributed by atoms with Crippen LogP contribution in [0.2, 0.25) is 0 Å². The van der Waals surface area contributed by atoms with E-state index >= 15 is 0 Å². The summed E-state index contributed by atoms with van der Waals surface area (Å²) in [4.78, 5) is 13.4. The highest BCUT2D eigenvalue weighted by molar-refractivity contribution is 5.98. The Hall–Kier alpha value is -2.87. The number of rotatable bonds is 4. The molecule has 3 aromatic carbocycles. The predicted molar refractivity (Wildman–Crippen MR) is 121 cm³/mol. The Balaban J connectivity index is 1.72. The molecule has 1 aliphatic carbocycles. The van der Waals surface area contributed by atoms with Gasteiger partial charge in [0, 0.05) is 11.1 Å². The lowest BCUT2D eigenvalue weighted by Gasteiger charge is -2.21. The fourth-order valence-electron chi connectivity index (χ4n) is 4.82. The number of anilines is 1. The van der Waals surface area contributed by atoms with Crippen molar-refractivity contribution in [2.24, 2.45) is 5.92 Å². The van der Waals surface area contributed by atoms with E-state index in [4.69, 9.17) is 0 Å². The van der Waals surface area contributed by atoms with Gasteiger partial charge in [0.15, 0.2) is 0 Å². The van der Waals surface area contributed by atoms with Crippen LogP contribution in [0.25, 0.3) is 0 Å². The first-order chi connectivity index (χ1) is 13.8. The molecule has 1 atom stereocenters. The van der Waals surface area contributed by atoms with Crippen LogP contribution in [-0.4, -0.2) is 5.91 Å². The molecule has 1 aliphatic rings. The van der Waals surface area contributed by atoms with Gasteiger partial charge in [-0.2, -0.15) is 0 Å². The van der Waals surface area contributed by atoms with E-state index in [9.17, 15) is 4.79 Å². The zero-order chi connectivity index (χ0) is 20.8. The highest BCUT2D eigenvalue weighted by Crippen LogP contribution is 2.59. The summed E-state index contributed by atoms with van der Waals surface area (Å²) in [7, 11) is 0. The third kappa shape index (κ3) is 3.48. The Kier molecular flexibility index (Phi) is 4.82. The van der Waals surface area contributed by atoms with E-state index in [1.54, 1.807) is 0 Å². The van der Waals surface area contributed by atoms with Crippen LogP contribution >= 0.6 is 0 Å². The van der Waals surface area contributed by atoms with Crippen molar-refractivity contribution >= 4 is 11.6 Å². The molecule has 0 bridgehead atoms. The number of hydrogen-bond donors (Lipinski definition) is 1. The van der Waals surface area contributed by atoms with Crippen molar-refractivity contribution in [2.75, 3.05) is 5.32 Å². The molecule has 1 saturated carbocycles. The Morgan fingerprint density at radius 3 is 1.79 bits per heavy atom. The third-order valence-corrected chi connectivity index (χ3v) is 6.27. The smallest absolute Gasteiger partial charge is 0.228 e. The molecule has 1 N–H and O–H groups in total. The fraction of sp³-hybridized carbons (Fsp3) is 0.296. The van der Waals surface area contributed by atoms with Crippen LogP contribution in [0.1, 0.15) is 45.4 Å². The average molecular weight is 384 g/mol. The van der Waals surface area contributed by atoms with Crippen molar-refractivity contribution in [3.8, 4) is 0 Å². The molecule has 1 amide bonds. The molecule has 2 heteroatoms. The highest BCUT2D eigenvalue weighted by Gasteiger charge is 2.60. The first kappa shape index (κ1) is 19.4. The third-order valence-electron chi connectivity index (χ3n) is 6.27. The fourth-order valence-corrected chi connectivity index (χ4v) is 4.82. The van der Waals surface area contributed by atoms with Gasteiger partial charge in [-0.3, -0.25) is 4.79 Å². The number of carbonyl (C=O) groups is 1. The molecule has 29 heavy (non-hydrogen) atoms. The van der Waals surface area contributed by atoms with Crippen LogP contribution in [0, 0.1) is 40.5 Å². The van der Waals surface area contributed by atoms with Crippen LogP contribution in [0.5, 0.6) is 0 Å². The first-order valence-corrected chi connectivity index (χ1v) is 10.3. The largest absolute Gasteiger partial charge is 0.325 e. The molecule has 148 valence electrons. The van der Waals surface area contributed by atoms with Gasteiger partial charge in [-0.1, -0.05) is 77.4 Å². The average Bonchev–Trinajstić information content (AvgIpc) is 3.42. The van der Waals surface area contributed by atoms with E-state index in [-0.39, 0.29) is 17.2 Å². The summed E-state index contributed by atoms with van der Waals surface area (Å²) < 4.78 is 0. The van der Waals surface area contributed by atoms with Gasteiger partial charge < -0.3 is 5.32 Å². The Morgan fingerprint density at radius 2 is 1.31 bits per heavy atom. The summed E-state index contributed by atoms with van der Waals surface area (Å²) in [5, 5.41) is 3.25. The molecule has 2 nitrogen and oxygen atoms in total. The number of hydrogen-bond acceptors (Lipinski definition) is 1. The maximum atomic E-state index is 13.4. The Morgan fingerprint density at radius 1 is 0.793 bits per heavy atom. The van der Waals surface area contributed by atoms with E-state index in [1.807, 2.05) is 0 Å². The molecular weight excluding hydrogens is 354 g/mol. The summed E-state index contributed by atoms with van der Waals surface area (Å²) >= 11 is 0. The zero-order valence-corrected chi connectivity index (χ0v) is 18.0. The topological polar surface area (TPSA) is 29.1 Å². The summed E-state index contributed by atoms with van der Waals surface area (Å²) in [5.74, 6) is 0.0502. The molecule has 0 saturated heterocycles. The van der Waals surface area contributed by atoms with E-state index in [0.29, 0.717) is 0 Å². The number of benzene rings is 3. The van der Waals surface area contributed by atoms with Crippen LogP contribution in [0.15, 0.2) is 60.7 Å². The minimum Gasteiger partial charge on any atom is -0.325 e. The van der Waals surface area contributed by atoms with Crippen molar-refractivity contribution in [3.05, 3.63) is 99.6 Å². The van der Waals surface area contributed by atoms with Gasteiger partial charge in [-0.05, 0) is 63.3 Å². The number of amides is 1. The van der Waals surface area contributed by atoms with Gasteiger partial charge in [0.1, 0.15) is 0 Å². The molecular formula is C27H29NO. The Bertz CT molecular complexity index is 1030. The minimum atomic E-state index is -0.241. The van der Waals surface area contributed by atoms with E-state index in [0.717, 1.165) is 23.2 Å². The van der Waals surface area contributed by atoms with Gasteiger partial charge in [-0.25, -0.2) is 0 Å². The van der Waals surface area contributed by atoms with Crippen LogP contribution in [-0.2, 0) is 10.2 Å². The van der Waals surface area contributed by atoms with Gasteiger partial charge in [0.25, 0.3) is 0 Å². The summed E-state index contributed by atoms with van der Waals surface area (Å²) in [5.41, 5.74) is 9.10. The van der Waals surface area contributed by atoms with Crippen LogP contribution in [0.3, 0.4) is 0 Å². The molecule has 0 radical (unpaired) electrons. The lowest BCUT2D eigenvalue weighted by atomic mass is 9.84. The van der Waals surface area contributed by atoms with Crippen molar-refractivity contribution < 1.29 is 4.79 Å². The van der Waals surface area contributed by atoms with E-state index in [2.05, 4.69) is 101 Å². The molecule has 0 unspecified atom stereocenters. The second-order valence-electron chi connectivity index (χ2n) is 8.73. The van der Waals surface area contributed by atoms with Crippen LogP contribution in [0.4, 0.5) is 5.69 Å². The van der Waals surface area contributed by atoms with E-state index < -0.39 is 0 Å². The first-order valence-electron chi connectivity index (χ1n) is 10.3. The SMILES string of the molecule is Cc1cccc(C2(c3cccc(C)c3)C[C@H]2C(=O)Nc2c(C)cc(C)cc2C)c1. The maximum absolute atomic E-state index is 13.4.